The fourth-order valence-corrected chi connectivity index (χ4v) is 3.17. The smallest absolute Gasteiger partial charge is 0.254 e. The molecule has 1 N–H and O–H groups in total. The predicted octanol–water partition coefficient (Wildman–Crippen LogP) is 1.84. The largest absolute Gasteiger partial charge is 0.493 e. The van der Waals surface area contributed by atoms with Gasteiger partial charge in [0.05, 0.1) is 6.61 Å². The van der Waals surface area contributed by atoms with Crippen molar-refractivity contribution in [2.24, 2.45) is 0 Å². The molecule has 0 saturated carbocycles. The minimum absolute atomic E-state index is 0.161. The zero-order chi connectivity index (χ0) is 13.9. The number of ether oxygens (including phenoxy) is 1. The molecule has 0 bridgehead atoms. The van der Waals surface area contributed by atoms with E-state index in [0.29, 0.717) is 6.04 Å². The van der Waals surface area contributed by atoms with E-state index in [0.717, 1.165) is 62.4 Å². The minimum Gasteiger partial charge on any atom is -0.493 e. The van der Waals surface area contributed by atoms with Crippen molar-refractivity contribution in [3.05, 3.63) is 29.3 Å². The molecule has 0 aliphatic carbocycles. The molecule has 1 saturated heterocycles. The maximum absolute atomic E-state index is 12.7. The molecule has 0 spiro atoms. The zero-order valence-electron chi connectivity index (χ0n) is 12.0. The molecule has 0 aromatic heterocycles. The predicted molar refractivity (Wildman–Crippen MR) is 78.2 cm³/mol. The maximum Gasteiger partial charge on any atom is 0.254 e. The highest BCUT2D eigenvalue weighted by atomic mass is 16.5. The van der Waals surface area contributed by atoms with Crippen LogP contribution in [-0.2, 0) is 6.42 Å². The monoisotopic (exact) mass is 274 g/mol. The molecule has 4 nitrogen and oxygen atoms in total. The van der Waals surface area contributed by atoms with Gasteiger partial charge in [0.1, 0.15) is 5.75 Å². The summed E-state index contributed by atoms with van der Waals surface area (Å²) in [6.07, 6.45) is 3.01. The summed E-state index contributed by atoms with van der Waals surface area (Å²) in [5.41, 5.74) is 1.96. The quantitative estimate of drug-likeness (QED) is 0.914. The van der Waals surface area contributed by atoms with Crippen molar-refractivity contribution in [1.29, 1.82) is 0 Å². The Bertz CT molecular complexity index is 495. The highest BCUT2D eigenvalue weighted by molar-refractivity contribution is 5.95. The Kier molecular flexibility index (Phi) is 3.92. The fraction of sp³-hybridized carbons (Fsp3) is 0.562. The summed E-state index contributed by atoms with van der Waals surface area (Å²) in [5, 5.41) is 3.35. The lowest BCUT2D eigenvalue weighted by Crippen LogP contribution is -2.46. The molecule has 1 aromatic rings. The van der Waals surface area contributed by atoms with E-state index in [1.807, 2.05) is 23.1 Å². The molecular formula is C16H22N2O2. The lowest BCUT2D eigenvalue weighted by molar-refractivity contribution is 0.0656. The first-order valence-corrected chi connectivity index (χ1v) is 7.57. The van der Waals surface area contributed by atoms with Crippen LogP contribution < -0.4 is 10.1 Å². The molecule has 2 aliphatic rings. The van der Waals surface area contributed by atoms with Gasteiger partial charge in [0.25, 0.3) is 5.91 Å². The third-order valence-electron chi connectivity index (χ3n) is 4.29. The van der Waals surface area contributed by atoms with Crippen LogP contribution in [0.2, 0.25) is 0 Å². The Morgan fingerprint density at radius 3 is 2.95 bits per heavy atom. The van der Waals surface area contributed by atoms with Crippen molar-refractivity contribution in [1.82, 2.24) is 10.2 Å². The molecule has 1 aromatic carbocycles. The van der Waals surface area contributed by atoms with Gasteiger partial charge in [-0.25, -0.2) is 0 Å². The van der Waals surface area contributed by atoms with Crippen LogP contribution in [0.4, 0.5) is 0 Å². The van der Waals surface area contributed by atoms with Crippen LogP contribution in [0.25, 0.3) is 0 Å². The Balaban J connectivity index is 1.79. The second-order valence-electron chi connectivity index (χ2n) is 5.49. The third kappa shape index (κ3) is 2.52. The van der Waals surface area contributed by atoms with Gasteiger partial charge in [0.15, 0.2) is 0 Å². The number of carbonyl (C=O) groups is 1. The van der Waals surface area contributed by atoms with Gasteiger partial charge in [-0.3, -0.25) is 4.79 Å². The van der Waals surface area contributed by atoms with Gasteiger partial charge in [-0.2, -0.15) is 0 Å². The Morgan fingerprint density at radius 1 is 1.40 bits per heavy atom. The summed E-state index contributed by atoms with van der Waals surface area (Å²) in [4.78, 5) is 14.8. The van der Waals surface area contributed by atoms with Crippen molar-refractivity contribution < 1.29 is 9.53 Å². The van der Waals surface area contributed by atoms with E-state index in [4.69, 9.17) is 4.74 Å². The van der Waals surface area contributed by atoms with Gasteiger partial charge in [0.2, 0.25) is 0 Å². The fourth-order valence-electron chi connectivity index (χ4n) is 3.17. The van der Waals surface area contributed by atoms with E-state index < -0.39 is 0 Å². The van der Waals surface area contributed by atoms with Crippen LogP contribution in [-0.4, -0.2) is 43.1 Å². The number of nitrogens with one attached hydrogen (secondary N) is 1. The third-order valence-corrected chi connectivity index (χ3v) is 4.29. The van der Waals surface area contributed by atoms with Gasteiger partial charge in [-0.05, 0) is 56.6 Å². The van der Waals surface area contributed by atoms with Crippen LogP contribution in [0.3, 0.4) is 0 Å². The normalized spacial score (nSPS) is 18.4. The van der Waals surface area contributed by atoms with E-state index in [2.05, 4.69) is 12.2 Å². The van der Waals surface area contributed by atoms with Crippen molar-refractivity contribution in [3.8, 4) is 5.75 Å². The van der Waals surface area contributed by atoms with Crippen LogP contribution in [0.1, 0.15) is 35.7 Å². The van der Waals surface area contributed by atoms with Crippen LogP contribution in [0.5, 0.6) is 5.75 Å². The van der Waals surface area contributed by atoms with Gasteiger partial charge >= 0.3 is 0 Å². The van der Waals surface area contributed by atoms with E-state index in [1.54, 1.807) is 0 Å². The molecular weight excluding hydrogens is 252 g/mol. The number of piperidine rings is 1. The highest BCUT2D eigenvalue weighted by Gasteiger charge is 2.25. The molecule has 108 valence electrons. The molecule has 4 heteroatoms. The number of rotatable bonds is 3. The number of benzene rings is 1. The molecule has 0 unspecified atom stereocenters. The lowest BCUT2D eigenvalue weighted by Gasteiger charge is -2.34. The van der Waals surface area contributed by atoms with Crippen molar-refractivity contribution in [3.63, 3.8) is 0 Å². The number of hydrogen-bond donors (Lipinski definition) is 1. The van der Waals surface area contributed by atoms with Gasteiger partial charge in [-0.1, -0.05) is 0 Å². The first-order valence-electron chi connectivity index (χ1n) is 7.57. The Morgan fingerprint density at radius 2 is 2.20 bits per heavy atom. The molecule has 1 fully saturated rings. The van der Waals surface area contributed by atoms with E-state index >= 15 is 0 Å². The topological polar surface area (TPSA) is 41.6 Å². The Hall–Kier alpha value is -1.55. The number of hydrogen-bond acceptors (Lipinski definition) is 3. The van der Waals surface area contributed by atoms with Gasteiger partial charge in [0, 0.05) is 24.6 Å². The molecule has 20 heavy (non-hydrogen) atoms. The average Bonchev–Trinajstić information content (AvgIpc) is 2.96. The first kappa shape index (κ1) is 13.4. The molecule has 0 atom stereocenters. The first-order chi connectivity index (χ1) is 9.79. The SMILES string of the molecule is CCN(C(=O)c1ccc2c(c1)CCO2)C1CCNCC1. The van der Waals surface area contributed by atoms with E-state index in [9.17, 15) is 4.79 Å². The number of amides is 1. The summed E-state index contributed by atoms with van der Waals surface area (Å²) in [5.74, 6) is 1.10. The summed E-state index contributed by atoms with van der Waals surface area (Å²) in [6.45, 7) is 5.59. The van der Waals surface area contributed by atoms with Gasteiger partial charge < -0.3 is 15.0 Å². The van der Waals surface area contributed by atoms with E-state index in [-0.39, 0.29) is 5.91 Å². The number of nitrogens with zero attached hydrogens (tertiary/aromatic N) is 1. The minimum atomic E-state index is 0.161. The number of fused-ring (bicyclic) bond motifs is 1. The standard InChI is InChI=1S/C16H22N2O2/c1-2-18(14-5-8-17-9-6-14)16(19)13-3-4-15-12(11-13)7-10-20-15/h3-4,11,14,17H,2,5-10H2,1H3. The average molecular weight is 274 g/mol. The second kappa shape index (κ2) is 5.83. The van der Waals surface area contributed by atoms with Crippen molar-refractivity contribution >= 4 is 5.91 Å². The Labute approximate surface area is 120 Å². The maximum atomic E-state index is 12.7. The molecule has 0 radical (unpaired) electrons. The summed E-state index contributed by atoms with van der Waals surface area (Å²) >= 11 is 0. The van der Waals surface area contributed by atoms with Crippen LogP contribution in [0, 0.1) is 0 Å². The van der Waals surface area contributed by atoms with Crippen molar-refractivity contribution in [2.75, 3.05) is 26.2 Å². The van der Waals surface area contributed by atoms with Crippen LogP contribution >= 0.6 is 0 Å². The summed E-state index contributed by atoms with van der Waals surface area (Å²) < 4.78 is 5.50. The van der Waals surface area contributed by atoms with Gasteiger partial charge in [-0.15, -0.1) is 0 Å². The summed E-state index contributed by atoms with van der Waals surface area (Å²) in [7, 11) is 0. The zero-order valence-corrected chi connectivity index (χ0v) is 12.0. The second-order valence-corrected chi connectivity index (χ2v) is 5.49. The summed E-state index contributed by atoms with van der Waals surface area (Å²) in [6, 6.07) is 6.22. The number of carbonyl (C=O) groups excluding carboxylic acids is 1. The van der Waals surface area contributed by atoms with E-state index in [1.165, 1.54) is 0 Å². The molecule has 1 amide bonds. The van der Waals surface area contributed by atoms with Crippen LogP contribution in [0.15, 0.2) is 18.2 Å². The lowest BCUT2D eigenvalue weighted by atomic mass is 10.0. The molecule has 2 heterocycles. The van der Waals surface area contributed by atoms with Crippen molar-refractivity contribution in [2.45, 2.75) is 32.2 Å². The molecule has 3 rings (SSSR count). The molecule has 2 aliphatic heterocycles. The highest BCUT2D eigenvalue weighted by Crippen LogP contribution is 2.27.